The van der Waals surface area contributed by atoms with Crippen LogP contribution in [0.5, 0.6) is 0 Å². The van der Waals surface area contributed by atoms with Crippen molar-refractivity contribution in [2.24, 2.45) is 0 Å². The first kappa shape index (κ1) is 24.0. The van der Waals surface area contributed by atoms with Gasteiger partial charge in [0.2, 0.25) is 0 Å². The normalized spacial score (nSPS) is 1.88. The van der Waals surface area contributed by atoms with E-state index >= 15 is 0 Å². The summed E-state index contributed by atoms with van der Waals surface area (Å²) in [6, 6.07) is 0. The van der Waals surface area contributed by atoms with E-state index in [9.17, 15) is 0 Å². The van der Waals surface area contributed by atoms with Crippen LogP contribution >= 0.6 is 12.6 Å². The minimum absolute atomic E-state index is 0. The number of nitrogens with zero attached hydrogens (tertiary/aromatic N) is 2. The molecule has 0 fully saturated rings. The molecule has 0 spiro atoms. The maximum absolute atomic E-state index is 7.18. The van der Waals surface area contributed by atoms with Crippen molar-refractivity contribution in [3.8, 4) is 10.8 Å². The van der Waals surface area contributed by atoms with Crippen molar-refractivity contribution in [2.75, 3.05) is 0 Å². The van der Waals surface area contributed by atoms with E-state index in [1.54, 1.807) is 0 Å². The standard InChI is InChI=1S/2CHNS.Ag.H3N/c2*2-1-3;;/h2*3H;;1H3/q;;+1;/p-1. The van der Waals surface area contributed by atoms with Gasteiger partial charge in [-0.2, -0.15) is 5.26 Å². The molecule has 0 rings (SSSR count). The third-order valence-corrected chi connectivity index (χ3v) is 0. The van der Waals surface area contributed by atoms with Crippen LogP contribution in [0.25, 0.3) is 0 Å². The molecule has 0 aliphatic carbocycles. The van der Waals surface area contributed by atoms with Crippen LogP contribution in [0, 0.1) is 21.3 Å². The summed E-state index contributed by atoms with van der Waals surface area (Å²) in [5, 5.41) is 17.1. The zero-order valence-corrected chi connectivity index (χ0v) is 6.95. The van der Waals surface area contributed by atoms with E-state index in [4.69, 9.17) is 10.5 Å². The Balaban J connectivity index is -0.0000000160. The van der Waals surface area contributed by atoms with Crippen molar-refractivity contribution in [2.45, 2.75) is 0 Å². The third-order valence-electron chi connectivity index (χ3n) is 0. The minimum Gasteiger partial charge on any atom is -0.696 e. The zero-order chi connectivity index (χ0) is 5.41. The number of nitriles is 2. The molecule has 0 atom stereocenters. The van der Waals surface area contributed by atoms with Gasteiger partial charge in [0, 0.05) is 0 Å². The van der Waals surface area contributed by atoms with Crippen molar-refractivity contribution in [3.63, 3.8) is 0 Å². The molecule has 0 saturated heterocycles. The molecule has 0 saturated carbocycles. The van der Waals surface area contributed by atoms with Crippen LogP contribution in [0.15, 0.2) is 0 Å². The second-order valence-corrected chi connectivity index (χ2v) is 0.574. The molecule has 0 aliphatic heterocycles. The van der Waals surface area contributed by atoms with Gasteiger partial charge in [0.1, 0.15) is 5.40 Å². The van der Waals surface area contributed by atoms with Gasteiger partial charge in [-0.15, -0.1) is 0 Å². The second-order valence-electron chi connectivity index (χ2n) is 0.191. The Labute approximate surface area is 75.0 Å². The fourth-order valence-electron chi connectivity index (χ4n) is 0. The van der Waals surface area contributed by atoms with Crippen LogP contribution in [0.3, 0.4) is 0 Å². The van der Waals surface area contributed by atoms with Gasteiger partial charge < -0.3 is 18.8 Å². The number of thiol groups is 1. The summed E-state index contributed by atoms with van der Waals surface area (Å²) >= 11 is 6.79. The van der Waals surface area contributed by atoms with Crippen molar-refractivity contribution in [1.82, 2.24) is 6.15 Å². The molecule has 0 aromatic rings. The van der Waals surface area contributed by atoms with Crippen molar-refractivity contribution in [1.29, 1.82) is 10.5 Å². The first-order valence-electron chi connectivity index (χ1n) is 0.875. The summed E-state index contributed by atoms with van der Waals surface area (Å²) in [4.78, 5) is 0. The van der Waals surface area contributed by atoms with E-state index in [1.165, 1.54) is 10.8 Å². The molecule has 0 radical (unpaired) electrons. The van der Waals surface area contributed by atoms with Gasteiger partial charge >= 0.3 is 22.4 Å². The molecule has 0 aromatic heterocycles. The van der Waals surface area contributed by atoms with E-state index < -0.39 is 0 Å². The van der Waals surface area contributed by atoms with E-state index in [2.05, 4.69) is 25.3 Å². The molecular weight excluding hydrogens is 238 g/mol. The molecule has 0 heterocycles. The van der Waals surface area contributed by atoms with Crippen molar-refractivity contribution in [3.05, 3.63) is 0 Å². The van der Waals surface area contributed by atoms with Gasteiger partial charge in [0.25, 0.3) is 0 Å². The van der Waals surface area contributed by atoms with Crippen LogP contribution in [0.4, 0.5) is 0 Å². The summed E-state index contributed by atoms with van der Waals surface area (Å²) in [6.45, 7) is 0. The van der Waals surface area contributed by atoms with Crippen molar-refractivity contribution >= 4 is 25.3 Å². The third kappa shape index (κ3) is 2750. The first-order chi connectivity index (χ1) is 2.83. The van der Waals surface area contributed by atoms with E-state index in [1.807, 2.05) is 0 Å². The summed E-state index contributed by atoms with van der Waals surface area (Å²) in [5.41, 5.74) is 0. The number of thiocyanates is 2. The number of hydrogen-bond donors (Lipinski definition) is 2. The SMILES string of the molecule is N.N#CS.N#C[S-].[Ag+]. The van der Waals surface area contributed by atoms with Gasteiger partial charge in [-0.25, -0.2) is 5.26 Å². The Morgan fingerprint density at radius 2 is 1.38 bits per heavy atom. The molecule has 0 aliphatic rings. The molecular formula is C2H4AgN3S2. The number of hydrogen-bond acceptors (Lipinski definition) is 5. The first-order valence-corrected chi connectivity index (χ1v) is 1.73. The maximum atomic E-state index is 7.18. The Morgan fingerprint density at radius 1 is 1.38 bits per heavy atom. The summed E-state index contributed by atoms with van der Waals surface area (Å²) < 4.78 is 0. The van der Waals surface area contributed by atoms with Gasteiger partial charge in [-0.05, 0) is 0 Å². The predicted molar refractivity (Wildman–Crippen MR) is 32.6 cm³/mol. The van der Waals surface area contributed by atoms with E-state index in [-0.39, 0.29) is 28.5 Å². The van der Waals surface area contributed by atoms with Gasteiger partial charge in [0.15, 0.2) is 0 Å². The van der Waals surface area contributed by atoms with Crippen molar-refractivity contribution < 1.29 is 22.4 Å². The molecule has 3 nitrogen and oxygen atoms in total. The van der Waals surface area contributed by atoms with Gasteiger partial charge in [-0.3, -0.25) is 0 Å². The Morgan fingerprint density at radius 3 is 1.38 bits per heavy atom. The molecule has 0 bridgehead atoms. The summed E-state index contributed by atoms with van der Waals surface area (Å²) in [7, 11) is 0. The Kier molecular flexibility index (Phi) is 168. The zero-order valence-electron chi connectivity index (χ0n) is 3.76. The molecule has 3 N–H and O–H groups in total. The quantitative estimate of drug-likeness (QED) is 0.281. The van der Waals surface area contributed by atoms with Gasteiger partial charge in [0.05, 0.1) is 0 Å². The van der Waals surface area contributed by atoms with Crippen LogP contribution in [0.1, 0.15) is 0 Å². The fourth-order valence-corrected chi connectivity index (χ4v) is 0. The predicted octanol–water partition coefficient (Wildman–Crippen LogP) is 0.571. The van der Waals surface area contributed by atoms with Crippen LogP contribution < -0.4 is 6.15 Å². The summed E-state index contributed by atoms with van der Waals surface area (Å²) in [6.07, 6.45) is 0. The average Bonchev–Trinajstić information content (AvgIpc) is 1.39. The molecule has 0 aromatic carbocycles. The minimum atomic E-state index is 0. The largest absolute Gasteiger partial charge is 1.00 e. The van der Waals surface area contributed by atoms with Crippen LogP contribution in [0.2, 0.25) is 0 Å². The summed E-state index contributed by atoms with van der Waals surface area (Å²) in [5.74, 6) is 0. The molecule has 0 amide bonds. The Hall–Kier alpha value is 0.250. The van der Waals surface area contributed by atoms with Crippen LogP contribution in [-0.2, 0) is 35.0 Å². The van der Waals surface area contributed by atoms with E-state index in [0.29, 0.717) is 0 Å². The topological polar surface area (TPSA) is 82.6 Å². The average molecular weight is 242 g/mol. The fraction of sp³-hybridized carbons (Fsp3) is 0. The van der Waals surface area contributed by atoms with E-state index in [0.717, 1.165) is 0 Å². The Bertz CT molecular complexity index is 70.3. The molecule has 8 heavy (non-hydrogen) atoms. The van der Waals surface area contributed by atoms with Gasteiger partial charge in [-0.1, -0.05) is 18.0 Å². The monoisotopic (exact) mass is 241 g/mol. The smallest absolute Gasteiger partial charge is 0.696 e. The molecule has 6 heteroatoms. The number of rotatable bonds is 0. The molecule has 0 unspecified atom stereocenters. The van der Waals surface area contributed by atoms with Crippen LogP contribution in [-0.4, -0.2) is 0 Å². The maximum Gasteiger partial charge on any atom is 1.00 e. The molecule has 50 valence electrons. The second kappa shape index (κ2) is 55.9.